The molecule has 2 rings (SSSR count). The molecular formula is C12H10F5N3O3S. The molecule has 0 amide bonds. The van der Waals surface area contributed by atoms with Gasteiger partial charge >= 0.3 is 12.8 Å². The van der Waals surface area contributed by atoms with Crippen LogP contribution in [0.15, 0.2) is 29.4 Å². The minimum Gasteiger partial charge on any atom is -0.417 e. The second-order valence-electron chi connectivity index (χ2n) is 4.56. The van der Waals surface area contributed by atoms with Gasteiger partial charge in [0.05, 0.1) is 11.3 Å². The van der Waals surface area contributed by atoms with Crippen LogP contribution in [0.5, 0.6) is 5.88 Å². The van der Waals surface area contributed by atoms with Gasteiger partial charge in [-0.25, -0.2) is 18.1 Å². The highest BCUT2D eigenvalue weighted by Gasteiger charge is 2.41. The topological polar surface area (TPSA) is 74.1 Å². The first-order chi connectivity index (χ1) is 11.0. The van der Waals surface area contributed by atoms with Crippen molar-refractivity contribution >= 4 is 9.84 Å². The van der Waals surface area contributed by atoms with Crippen molar-refractivity contribution in [2.45, 2.75) is 23.6 Å². The Morgan fingerprint density at radius 3 is 2.46 bits per heavy atom. The van der Waals surface area contributed by atoms with Crippen LogP contribution in [0.2, 0.25) is 0 Å². The van der Waals surface area contributed by atoms with E-state index >= 15 is 0 Å². The molecule has 0 radical (unpaired) electrons. The van der Waals surface area contributed by atoms with Crippen molar-refractivity contribution in [2.24, 2.45) is 7.05 Å². The van der Waals surface area contributed by atoms with E-state index < -0.39 is 50.5 Å². The van der Waals surface area contributed by atoms with E-state index in [9.17, 15) is 30.4 Å². The SMILES string of the molecule is Cn1nc(C(F)(F)F)c(CS(=O)(=O)c2ccccn2)c1OC(F)F. The van der Waals surface area contributed by atoms with E-state index in [2.05, 4.69) is 14.8 Å². The molecule has 0 aromatic carbocycles. The number of halogens is 5. The van der Waals surface area contributed by atoms with Crippen LogP contribution in [0.3, 0.4) is 0 Å². The van der Waals surface area contributed by atoms with E-state index in [1.807, 2.05) is 0 Å². The zero-order valence-corrected chi connectivity index (χ0v) is 12.8. The molecule has 12 heteroatoms. The minimum absolute atomic E-state index is 0.415. The fourth-order valence-corrected chi connectivity index (χ4v) is 3.23. The van der Waals surface area contributed by atoms with Crippen molar-refractivity contribution in [3.8, 4) is 5.88 Å². The van der Waals surface area contributed by atoms with Gasteiger partial charge in [0.15, 0.2) is 20.6 Å². The average Bonchev–Trinajstić information content (AvgIpc) is 2.76. The Labute approximate surface area is 132 Å². The Kier molecular flexibility index (Phi) is 4.78. The molecule has 0 atom stereocenters. The molecule has 0 fully saturated rings. The third-order valence-corrected chi connectivity index (χ3v) is 4.40. The lowest BCUT2D eigenvalue weighted by molar-refractivity contribution is -0.142. The van der Waals surface area contributed by atoms with Crippen LogP contribution in [-0.2, 0) is 28.8 Å². The summed E-state index contributed by atoms with van der Waals surface area (Å²) in [5, 5.41) is 2.57. The first kappa shape index (κ1) is 18.1. The number of ether oxygens (including phenoxy) is 1. The summed E-state index contributed by atoms with van der Waals surface area (Å²) in [6.07, 6.45) is -3.91. The monoisotopic (exact) mass is 371 g/mol. The quantitative estimate of drug-likeness (QED) is 0.755. The Morgan fingerprint density at radius 2 is 1.96 bits per heavy atom. The van der Waals surface area contributed by atoms with E-state index in [1.54, 1.807) is 0 Å². The van der Waals surface area contributed by atoms with Crippen molar-refractivity contribution in [1.82, 2.24) is 14.8 Å². The number of nitrogens with zero attached hydrogens (tertiary/aromatic N) is 3. The van der Waals surface area contributed by atoms with Crippen molar-refractivity contribution in [2.75, 3.05) is 0 Å². The first-order valence-corrected chi connectivity index (χ1v) is 7.89. The average molecular weight is 371 g/mol. The Balaban J connectivity index is 2.55. The second kappa shape index (κ2) is 6.34. The molecule has 0 saturated heterocycles. The summed E-state index contributed by atoms with van der Waals surface area (Å²) in [6, 6.07) is 3.81. The Hall–Kier alpha value is -2.24. The van der Waals surface area contributed by atoms with Gasteiger partial charge in [0.1, 0.15) is 0 Å². The maximum Gasteiger partial charge on any atom is 0.435 e. The number of pyridine rings is 1. The van der Waals surface area contributed by atoms with Gasteiger partial charge in [-0.15, -0.1) is 0 Å². The van der Waals surface area contributed by atoms with Gasteiger partial charge in [-0.2, -0.15) is 27.1 Å². The van der Waals surface area contributed by atoms with E-state index in [0.717, 1.165) is 19.3 Å². The highest BCUT2D eigenvalue weighted by atomic mass is 32.2. The van der Waals surface area contributed by atoms with Gasteiger partial charge in [0.25, 0.3) is 0 Å². The lowest BCUT2D eigenvalue weighted by Crippen LogP contribution is -2.14. The highest BCUT2D eigenvalue weighted by Crippen LogP contribution is 2.37. The van der Waals surface area contributed by atoms with Crippen LogP contribution in [0.25, 0.3) is 0 Å². The van der Waals surface area contributed by atoms with Gasteiger partial charge in [-0.3, -0.25) is 0 Å². The summed E-state index contributed by atoms with van der Waals surface area (Å²) in [4.78, 5) is 3.55. The molecule has 0 unspecified atom stereocenters. The fourth-order valence-electron chi connectivity index (χ4n) is 1.94. The number of alkyl halides is 5. The smallest absolute Gasteiger partial charge is 0.417 e. The van der Waals surface area contributed by atoms with Crippen LogP contribution in [-0.4, -0.2) is 29.8 Å². The van der Waals surface area contributed by atoms with Crippen molar-refractivity contribution in [3.05, 3.63) is 35.7 Å². The van der Waals surface area contributed by atoms with Gasteiger partial charge in [-0.05, 0) is 12.1 Å². The fraction of sp³-hybridized carbons (Fsp3) is 0.333. The molecule has 2 heterocycles. The van der Waals surface area contributed by atoms with Crippen LogP contribution in [0.4, 0.5) is 22.0 Å². The van der Waals surface area contributed by atoms with Crippen molar-refractivity contribution in [1.29, 1.82) is 0 Å². The molecule has 2 aromatic rings. The normalized spacial score (nSPS) is 12.6. The molecule has 2 aromatic heterocycles. The lowest BCUT2D eigenvalue weighted by Gasteiger charge is -2.10. The Morgan fingerprint density at radius 1 is 1.29 bits per heavy atom. The molecule has 0 aliphatic rings. The summed E-state index contributed by atoms with van der Waals surface area (Å²) in [5.41, 5.74) is -2.61. The summed E-state index contributed by atoms with van der Waals surface area (Å²) in [5.74, 6) is -2.22. The van der Waals surface area contributed by atoms with Crippen molar-refractivity contribution < 1.29 is 35.1 Å². The molecule has 0 spiro atoms. The molecule has 0 bridgehead atoms. The Bertz CT molecular complexity index is 818. The van der Waals surface area contributed by atoms with Crippen LogP contribution in [0.1, 0.15) is 11.3 Å². The summed E-state index contributed by atoms with van der Waals surface area (Å²) in [7, 11) is -3.40. The zero-order valence-electron chi connectivity index (χ0n) is 12.0. The van der Waals surface area contributed by atoms with E-state index in [0.29, 0.717) is 4.68 Å². The lowest BCUT2D eigenvalue weighted by atomic mass is 10.2. The standard InChI is InChI=1S/C12H10F5N3O3S/c1-20-10(23-11(13)14)7(9(19-20)12(15,16)17)6-24(21,22)8-4-2-3-5-18-8/h2-5,11H,6H2,1H3. The van der Waals surface area contributed by atoms with Gasteiger partial charge in [0.2, 0.25) is 5.88 Å². The van der Waals surface area contributed by atoms with Gasteiger partial charge in [0, 0.05) is 13.2 Å². The van der Waals surface area contributed by atoms with Gasteiger partial charge < -0.3 is 4.74 Å². The number of aryl methyl sites for hydroxylation is 1. The molecule has 0 saturated carbocycles. The first-order valence-electron chi connectivity index (χ1n) is 6.24. The largest absolute Gasteiger partial charge is 0.435 e. The van der Waals surface area contributed by atoms with Crippen molar-refractivity contribution in [3.63, 3.8) is 0 Å². The molecular weight excluding hydrogens is 361 g/mol. The molecule has 6 nitrogen and oxygen atoms in total. The maximum absolute atomic E-state index is 13.0. The summed E-state index contributed by atoms with van der Waals surface area (Å²) in [6.45, 7) is -3.45. The predicted molar refractivity (Wildman–Crippen MR) is 70.0 cm³/mol. The molecule has 132 valence electrons. The van der Waals surface area contributed by atoms with E-state index in [-0.39, 0.29) is 0 Å². The molecule has 24 heavy (non-hydrogen) atoms. The summed E-state index contributed by atoms with van der Waals surface area (Å²) < 4.78 is 92.8. The minimum atomic E-state index is -5.05. The third kappa shape index (κ3) is 3.80. The second-order valence-corrected chi connectivity index (χ2v) is 6.50. The number of aromatic nitrogens is 3. The van der Waals surface area contributed by atoms with Crippen LogP contribution >= 0.6 is 0 Å². The summed E-state index contributed by atoms with van der Waals surface area (Å²) >= 11 is 0. The molecule has 0 aliphatic carbocycles. The number of hydrogen-bond acceptors (Lipinski definition) is 5. The van der Waals surface area contributed by atoms with Crippen LogP contribution < -0.4 is 4.74 Å². The highest BCUT2D eigenvalue weighted by molar-refractivity contribution is 7.90. The third-order valence-electron chi connectivity index (χ3n) is 2.85. The number of sulfone groups is 1. The predicted octanol–water partition coefficient (Wildman–Crippen LogP) is 2.41. The number of hydrogen-bond donors (Lipinski definition) is 0. The number of rotatable bonds is 5. The molecule has 0 aliphatic heterocycles. The molecule has 0 N–H and O–H groups in total. The van der Waals surface area contributed by atoms with E-state index in [1.165, 1.54) is 12.1 Å². The maximum atomic E-state index is 13.0. The van der Waals surface area contributed by atoms with Crippen LogP contribution in [0, 0.1) is 0 Å². The van der Waals surface area contributed by atoms with Gasteiger partial charge in [-0.1, -0.05) is 6.07 Å². The zero-order chi connectivity index (χ0) is 18.1. The van der Waals surface area contributed by atoms with E-state index in [4.69, 9.17) is 0 Å².